The van der Waals surface area contributed by atoms with E-state index in [0.717, 1.165) is 6.92 Å². The zero-order valence-corrected chi connectivity index (χ0v) is 17.8. The number of hydrogen-bond donors (Lipinski definition) is 2. The van der Waals surface area contributed by atoms with Gasteiger partial charge in [0.15, 0.2) is 11.9 Å². The molecule has 1 saturated heterocycles. The number of hydrogen-bond acceptors (Lipinski definition) is 8. The fourth-order valence-electron chi connectivity index (χ4n) is 3.43. The van der Waals surface area contributed by atoms with Crippen LogP contribution in [0.1, 0.15) is 6.92 Å². The van der Waals surface area contributed by atoms with Gasteiger partial charge in [0.1, 0.15) is 5.82 Å². The number of ether oxygens (including phenoxy) is 2. The molecule has 176 valence electrons. The first-order valence-corrected chi connectivity index (χ1v) is 10.1. The predicted molar refractivity (Wildman–Crippen MR) is 115 cm³/mol. The summed E-state index contributed by atoms with van der Waals surface area (Å²) in [4.78, 5) is 52.5. The summed E-state index contributed by atoms with van der Waals surface area (Å²) in [6.07, 6.45) is -3.02. The molecule has 2 unspecified atom stereocenters. The Hall–Kier alpha value is -4.32. The molecule has 11 nitrogen and oxygen atoms in total. The average Bonchev–Trinajstić information content (AvgIpc) is 3.24. The first kappa shape index (κ1) is 22.9. The summed E-state index contributed by atoms with van der Waals surface area (Å²) in [5.74, 6) is -3.26. The van der Waals surface area contributed by atoms with Crippen molar-refractivity contribution in [2.75, 3.05) is 23.4 Å². The monoisotopic (exact) mass is 470 g/mol. The van der Waals surface area contributed by atoms with Crippen molar-refractivity contribution in [1.29, 1.82) is 0 Å². The molecular formula is C22H19FN4O7. The quantitative estimate of drug-likeness (QED) is 0.516. The van der Waals surface area contributed by atoms with Crippen LogP contribution in [0.5, 0.6) is 0 Å². The van der Waals surface area contributed by atoms with E-state index in [0.29, 0.717) is 16.9 Å². The van der Waals surface area contributed by atoms with Crippen molar-refractivity contribution < 1.29 is 32.8 Å². The van der Waals surface area contributed by atoms with Crippen molar-refractivity contribution >= 4 is 29.2 Å². The SMILES string of the molecule is CC(=O)OC(C(=O)Nc1ccc(-c2noc(=O)[nH]2)cc1)C1OCCN(c2cccc(F)c2)C1=O. The van der Waals surface area contributed by atoms with Crippen molar-refractivity contribution in [2.24, 2.45) is 0 Å². The highest BCUT2D eigenvalue weighted by molar-refractivity contribution is 6.04. The van der Waals surface area contributed by atoms with Gasteiger partial charge in [-0.05, 0) is 42.5 Å². The maximum atomic E-state index is 13.7. The van der Waals surface area contributed by atoms with E-state index >= 15 is 0 Å². The summed E-state index contributed by atoms with van der Waals surface area (Å²) >= 11 is 0. The molecule has 1 aromatic heterocycles. The Balaban J connectivity index is 1.52. The second-order valence-electron chi connectivity index (χ2n) is 7.30. The number of rotatable bonds is 6. The van der Waals surface area contributed by atoms with Gasteiger partial charge in [-0.3, -0.25) is 23.9 Å². The van der Waals surface area contributed by atoms with E-state index in [-0.39, 0.29) is 19.0 Å². The largest absolute Gasteiger partial charge is 0.449 e. The Bertz CT molecular complexity index is 1270. The second kappa shape index (κ2) is 9.67. The van der Waals surface area contributed by atoms with Gasteiger partial charge in [0, 0.05) is 30.4 Å². The molecule has 2 atom stereocenters. The lowest BCUT2D eigenvalue weighted by molar-refractivity contribution is -0.167. The number of esters is 1. The van der Waals surface area contributed by atoms with E-state index in [2.05, 4.69) is 20.0 Å². The molecule has 1 aliphatic heterocycles. The van der Waals surface area contributed by atoms with E-state index < -0.39 is 41.6 Å². The number of anilines is 2. The van der Waals surface area contributed by atoms with Crippen LogP contribution in [0.15, 0.2) is 57.8 Å². The first-order chi connectivity index (χ1) is 16.3. The molecule has 0 saturated carbocycles. The van der Waals surface area contributed by atoms with Gasteiger partial charge in [-0.1, -0.05) is 11.2 Å². The van der Waals surface area contributed by atoms with E-state index in [1.165, 1.54) is 35.2 Å². The molecule has 2 amide bonds. The molecule has 0 radical (unpaired) electrons. The number of carbonyl (C=O) groups is 3. The Morgan fingerprint density at radius 1 is 1.24 bits per heavy atom. The summed E-state index contributed by atoms with van der Waals surface area (Å²) < 4.78 is 28.7. The average molecular weight is 470 g/mol. The smallest absolute Gasteiger partial charge is 0.439 e. The minimum absolute atomic E-state index is 0.0442. The van der Waals surface area contributed by atoms with Crippen LogP contribution in [0.3, 0.4) is 0 Å². The molecule has 3 aromatic rings. The lowest BCUT2D eigenvalue weighted by Crippen LogP contribution is -2.56. The van der Waals surface area contributed by atoms with Crippen LogP contribution in [0.4, 0.5) is 15.8 Å². The Labute approximate surface area is 191 Å². The maximum Gasteiger partial charge on any atom is 0.439 e. The number of nitrogens with one attached hydrogen (secondary N) is 2. The number of nitrogens with zero attached hydrogens (tertiary/aromatic N) is 2. The highest BCUT2D eigenvalue weighted by Crippen LogP contribution is 2.23. The number of aromatic amines is 1. The van der Waals surface area contributed by atoms with Gasteiger partial charge < -0.3 is 19.7 Å². The van der Waals surface area contributed by atoms with Gasteiger partial charge in [-0.15, -0.1) is 0 Å². The lowest BCUT2D eigenvalue weighted by atomic mass is 10.1. The van der Waals surface area contributed by atoms with Crippen LogP contribution in [0, 0.1) is 5.82 Å². The highest BCUT2D eigenvalue weighted by Gasteiger charge is 2.42. The third-order valence-electron chi connectivity index (χ3n) is 4.93. The number of aromatic nitrogens is 2. The van der Waals surface area contributed by atoms with Crippen LogP contribution in [-0.4, -0.2) is 53.3 Å². The fraction of sp³-hybridized carbons (Fsp3) is 0.227. The fourth-order valence-corrected chi connectivity index (χ4v) is 3.43. The Morgan fingerprint density at radius 2 is 2.00 bits per heavy atom. The van der Waals surface area contributed by atoms with E-state index in [1.54, 1.807) is 18.2 Å². The van der Waals surface area contributed by atoms with Crippen LogP contribution in [-0.2, 0) is 23.9 Å². The van der Waals surface area contributed by atoms with Gasteiger partial charge >= 0.3 is 11.7 Å². The van der Waals surface area contributed by atoms with Gasteiger partial charge in [-0.25, -0.2) is 9.18 Å². The third-order valence-corrected chi connectivity index (χ3v) is 4.93. The minimum Gasteiger partial charge on any atom is -0.449 e. The number of benzene rings is 2. The molecule has 1 fully saturated rings. The van der Waals surface area contributed by atoms with Gasteiger partial charge in [0.25, 0.3) is 11.8 Å². The minimum atomic E-state index is -1.59. The normalized spacial score (nSPS) is 16.7. The molecule has 2 N–H and O–H groups in total. The summed E-state index contributed by atoms with van der Waals surface area (Å²) in [7, 11) is 0. The van der Waals surface area contributed by atoms with Crippen LogP contribution in [0.25, 0.3) is 11.4 Å². The van der Waals surface area contributed by atoms with E-state index in [1.807, 2.05) is 0 Å². The molecule has 0 spiro atoms. The number of amides is 2. The van der Waals surface area contributed by atoms with Crippen LogP contribution < -0.4 is 16.0 Å². The predicted octanol–water partition coefficient (Wildman–Crippen LogP) is 1.47. The topological polar surface area (TPSA) is 144 Å². The molecular weight excluding hydrogens is 451 g/mol. The molecule has 1 aliphatic rings. The third kappa shape index (κ3) is 5.02. The van der Waals surface area contributed by atoms with Crippen molar-refractivity contribution in [3.63, 3.8) is 0 Å². The number of morpholine rings is 1. The van der Waals surface area contributed by atoms with Crippen LogP contribution >= 0.6 is 0 Å². The number of carbonyl (C=O) groups excluding carboxylic acids is 3. The number of H-pyrrole nitrogens is 1. The van der Waals surface area contributed by atoms with Gasteiger partial charge in [0.05, 0.1) is 6.61 Å². The van der Waals surface area contributed by atoms with Crippen molar-refractivity contribution in [2.45, 2.75) is 19.1 Å². The van der Waals surface area contributed by atoms with Crippen molar-refractivity contribution in [3.05, 3.63) is 64.9 Å². The van der Waals surface area contributed by atoms with Gasteiger partial charge in [-0.2, -0.15) is 0 Å². The molecule has 2 aromatic carbocycles. The zero-order valence-electron chi connectivity index (χ0n) is 17.8. The van der Waals surface area contributed by atoms with Crippen molar-refractivity contribution in [1.82, 2.24) is 10.1 Å². The highest BCUT2D eigenvalue weighted by atomic mass is 19.1. The molecule has 0 aliphatic carbocycles. The van der Waals surface area contributed by atoms with Crippen molar-refractivity contribution in [3.8, 4) is 11.4 Å². The molecule has 0 bridgehead atoms. The maximum absolute atomic E-state index is 13.7. The summed E-state index contributed by atoms with van der Waals surface area (Å²) in [5.41, 5.74) is 1.14. The summed E-state index contributed by atoms with van der Waals surface area (Å²) in [5, 5.41) is 6.14. The van der Waals surface area contributed by atoms with Crippen LogP contribution in [0.2, 0.25) is 0 Å². The second-order valence-corrected chi connectivity index (χ2v) is 7.30. The molecule has 2 heterocycles. The summed E-state index contributed by atoms with van der Waals surface area (Å²) in [6, 6.07) is 11.6. The number of halogens is 1. The first-order valence-electron chi connectivity index (χ1n) is 10.1. The Morgan fingerprint density at radius 3 is 2.65 bits per heavy atom. The lowest BCUT2D eigenvalue weighted by Gasteiger charge is -2.35. The summed E-state index contributed by atoms with van der Waals surface area (Å²) in [6.45, 7) is 1.28. The Kier molecular flexibility index (Phi) is 6.50. The standard InChI is InChI=1S/C22H19FN4O7/c1-12(28)33-17(18-21(30)27(9-10-32-18)16-4-2-3-14(23)11-16)20(29)24-15-7-5-13(6-8-15)19-25-22(31)34-26-19/h2-8,11,17-18H,9-10H2,1H3,(H,24,29)(H,25,26,31). The molecule has 4 rings (SSSR count). The zero-order chi connectivity index (χ0) is 24.2. The van der Waals surface area contributed by atoms with E-state index in [9.17, 15) is 23.6 Å². The van der Waals surface area contributed by atoms with Gasteiger partial charge in [0.2, 0.25) is 6.10 Å². The van der Waals surface area contributed by atoms with E-state index in [4.69, 9.17) is 9.47 Å². The molecule has 34 heavy (non-hydrogen) atoms. The molecule has 12 heteroatoms.